The molecular weight excluding hydrogens is 194 g/mol. The predicted octanol–water partition coefficient (Wildman–Crippen LogP) is 1.19. The zero-order valence-electron chi connectivity index (χ0n) is 7.50. The second-order valence-electron chi connectivity index (χ2n) is 2.55. The second kappa shape index (κ2) is 4.19. The molecule has 4 nitrogen and oxygen atoms in total. The minimum Gasteiger partial charge on any atom is -0.506 e. The van der Waals surface area contributed by atoms with Gasteiger partial charge in [-0.2, -0.15) is 0 Å². The van der Waals surface area contributed by atoms with E-state index < -0.39 is 12.1 Å². The molecular formula is C8H10F2N2O2. The van der Waals surface area contributed by atoms with Crippen molar-refractivity contribution in [2.75, 3.05) is 7.11 Å². The van der Waals surface area contributed by atoms with Crippen LogP contribution in [-0.4, -0.2) is 17.2 Å². The van der Waals surface area contributed by atoms with Crippen molar-refractivity contribution in [1.82, 2.24) is 4.98 Å². The molecule has 0 aromatic carbocycles. The minimum atomic E-state index is -2.75. The number of nitrogens with zero attached hydrogens (tertiary/aromatic N) is 1. The molecule has 1 aromatic rings. The van der Waals surface area contributed by atoms with E-state index in [1.807, 2.05) is 0 Å². The topological polar surface area (TPSA) is 68.4 Å². The molecule has 0 aliphatic rings. The Morgan fingerprint density at radius 1 is 1.64 bits per heavy atom. The molecule has 1 rings (SSSR count). The highest BCUT2D eigenvalue weighted by Gasteiger charge is 2.18. The molecule has 0 radical (unpaired) electrons. The van der Waals surface area contributed by atoms with Crippen LogP contribution >= 0.6 is 0 Å². The number of rotatable bonds is 3. The smallest absolute Gasteiger partial charge is 0.284 e. The van der Waals surface area contributed by atoms with Gasteiger partial charge in [-0.25, -0.2) is 13.8 Å². The average molecular weight is 204 g/mol. The van der Waals surface area contributed by atoms with Crippen molar-refractivity contribution in [3.63, 3.8) is 0 Å². The average Bonchev–Trinajstić information content (AvgIpc) is 2.16. The van der Waals surface area contributed by atoms with Gasteiger partial charge in [-0.15, -0.1) is 0 Å². The predicted molar refractivity (Wildman–Crippen MR) is 45.3 cm³/mol. The Kier molecular flexibility index (Phi) is 3.19. The van der Waals surface area contributed by atoms with Crippen molar-refractivity contribution < 1.29 is 18.6 Å². The van der Waals surface area contributed by atoms with E-state index in [9.17, 15) is 13.9 Å². The lowest BCUT2D eigenvalue weighted by molar-refractivity contribution is 0.141. The summed E-state index contributed by atoms with van der Waals surface area (Å²) in [6.07, 6.45) is -2.75. The van der Waals surface area contributed by atoms with Crippen LogP contribution in [0, 0.1) is 0 Å². The van der Waals surface area contributed by atoms with Crippen LogP contribution in [0.1, 0.15) is 17.8 Å². The number of alkyl halides is 2. The van der Waals surface area contributed by atoms with Gasteiger partial charge in [0.1, 0.15) is 17.2 Å². The van der Waals surface area contributed by atoms with Crippen LogP contribution in [0.3, 0.4) is 0 Å². The van der Waals surface area contributed by atoms with Gasteiger partial charge in [0.2, 0.25) is 0 Å². The summed E-state index contributed by atoms with van der Waals surface area (Å²) in [5.41, 5.74) is 4.72. The van der Waals surface area contributed by atoms with Crippen LogP contribution in [0.2, 0.25) is 0 Å². The zero-order valence-corrected chi connectivity index (χ0v) is 7.50. The molecule has 0 aliphatic heterocycles. The van der Waals surface area contributed by atoms with Gasteiger partial charge < -0.3 is 15.6 Å². The van der Waals surface area contributed by atoms with Gasteiger partial charge in [0.15, 0.2) is 0 Å². The fraction of sp³-hybridized carbons (Fsp3) is 0.375. The van der Waals surface area contributed by atoms with Gasteiger partial charge in [0, 0.05) is 12.6 Å². The first-order valence-electron chi connectivity index (χ1n) is 3.85. The Morgan fingerprint density at radius 3 is 2.71 bits per heavy atom. The first-order chi connectivity index (χ1) is 6.60. The molecule has 0 fully saturated rings. The van der Waals surface area contributed by atoms with Crippen molar-refractivity contribution >= 4 is 0 Å². The summed E-state index contributed by atoms with van der Waals surface area (Å²) < 4.78 is 29.4. The maximum atomic E-state index is 12.4. The summed E-state index contributed by atoms with van der Waals surface area (Å²) in [5, 5.41) is 9.26. The molecule has 3 N–H and O–H groups in total. The maximum Gasteiger partial charge on any atom is 0.284 e. The normalized spacial score (nSPS) is 10.6. The molecule has 0 aliphatic carbocycles. The molecule has 0 unspecified atom stereocenters. The highest BCUT2D eigenvalue weighted by Crippen LogP contribution is 2.31. The monoisotopic (exact) mass is 204 g/mol. The van der Waals surface area contributed by atoms with Gasteiger partial charge in [-0.05, 0) is 0 Å². The number of halogens is 2. The zero-order chi connectivity index (χ0) is 10.7. The molecule has 0 atom stereocenters. The Bertz CT molecular complexity index is 331. The number of aromatic nitrogens is 1. The third-order valence-corrected chi connectivity index (χ3v) is 1.69. The van der Waals surface area contributed by atoms with Gasteiger partial charge in [0.05, 0.1) is 12.8 Å². The summed E-state index contributed by atoms with van der Waals surface area (Å²) in [6.45, 7) is -0.102. The summed E-state index contributed by atoms with van der Waals surface area (Å²) >= 11 is 0. The van der Waals surface area contributed by atoms with Gasteiger partial charge in [-0.3, -0.25) is 0 Å². The highest BCUT2D eigenvalue weighted by molar-refractivity contribution is 5.39. The second-order valence-corrected chi connectivity index (χ2v) is 2.55. The standard InChI is InChI=1S/C8H10F2N2O2/c1-14-6-2-5(13)4(3-11)12-7(6)8(9)10/h2,8,13H,3,11H2,1H3. The van der Waals surface area contributed by atoms with Crippen LogP contribution in [0.5, 0.6) is 11.5 Å². The molecule has 0 saturated heterocycles. The van der Waals surface area contributed by atoms with E-state index in [2.05, 4.69) is 9.72 Å². The number of ether oxygens (including phenoxy) is 1. The third-order valence-electron chi connectivity index (χ3n) is 1.69. The van der Waals surface area contributed by atoms with Crippen LogP contribution in [0.4, 0.5) is 8.78 Å². The van der Waals surface area contributed by atoms with E-state index in [4.69, 9.17) is 5.73 Å². The number of hydrogen-bond acceptors (Lipinski definition) is 4. The summed E-state index contributed by atoms with van der Waals surface area (Å²) in [7, 11) is 1.23. The van der Waals surface area contributed by atoms with Crippen LogP contribution in [0.25, 0.3) is 0 Å². The molecule has 14 heavy (non-hydrogen) atoms. The number of aromatic hydroxyl groups is 1. The van der Waals surface area contributed by atoms with Crippen molar-refractivity contribution in [3.05, 3.63) is 17.5 Å². The number of hydrogen-bond donors (Lipinski definition) is 2. The fourth-order valence-electron chi connectivity index (χ4n) is 1.01. The maximum absolute atomic E-state index is 12.4. The van der Waals surface area contributed by atoms with Gasteiger partial charge in [0.25, 0.3) is 6.43 Å². The quantitative estimate of drug-likeness (QED) is 0.776. The van der Waals surface area contributed by atoms with Crippen molar-refractivity contribution in [2.45, 2.75) is 13.0 Å². The Labute approximate surface area is 79.3 Å². The van der Waals surface area contributed by atoms with Crippen LogP contribution < -0.4 is 10.5 Å². The summed E-state index contributed by atoms with van der Waals surface area (Å²) in [5.74, 6) is -0.386. The Balaban J connectivity index is 3.25. The molecule has 6 heteroatoms. The Hall–Kier alpha value is -1.43. The number of nitrogens with two attached hydrogens (primary N) is 1. The molecule has 0 spiro atoms. The lowest BCUT2D eigenvalue weighted by Gasteiger charge is -2.09. The number of pyridine rings is 1. The van der Waals surface area contributed by atoms with E-state index in [0.717, 1.165) is 6.07 Å². The van der Waals surface area contributed by atoms with E-state index in [1.165, 1.54) is 7.11 Å². The molecule has 0 amide bonds. The summed E-state index contributed by atoms with van der Waals surface area (Å²) in [4.78, 5) is 3.51. The Morgan fingerprint density at radius 2 is 2.29 bits per heavy atom. The molecule has 0 saturated carbocycles. The first-order valence-corrected chi connectivity index (χ1v) is 3.85. The minimum absolute atomic E-state index is 0.0288. The highest BCUT2D eigenvalue weighted by atomic mass is 19.3. The lowest BCUT2D eigenvalue weighted by atomic mass is 10.2. The van der Waals surface area contributed by atoms with E-state index >= 15 is 0 Å². The van der Waals surface area contributed by atoms with Crippen molar-refractivity contribution in [1.29, 1.82) is 0 Å². The van der Waals surface area contributed by atoms with Gasteiger partial charge >= 0.3 is 0 Å². The van der Waals surface area contributed by atoms with E-state index in [-0.39, 0.29) is 23.7 Å². The van der Waals surface area contributed by atoms with Crippen LogP contribution in [-0.2, 0) is 6.54 Å². The van der Waals surface area contributed by atoms with E-state index in [1.54, 1.807) is 0 Å². The van der Waals surface area contributed by atoms with E-state index in [0.29, 0.717) is 0 Å². The molecule has 78 valence electrons. The first kappa shape index (κ1) is 10.6. The molecule has 1 aromatic heterocycles. The molecule has 1 heterocycles. The van der Waals surface area contributed by atoms with Crippen molar-refractivity contribution in [3.8, 4) is 11.5 Å². The lowest BCUT2D eigenvalue weighted by Crippen LogP contribution is -2.05. The molecule has 0 bridgehead atoms. The van der Waals surface area contributed by atoms with Gasteiger partial charge in [-0.1, -0.05) is 0 Å². The number of methoxy groups -OCH3 is 1. The largest absolute Gasteiger partial charge is 0.506 e. The summed E-state index contributed by atoms with van der Waals surface area (Å²) in [6, 6.07) is 1.08. The van der Waals surface area contributed by atoms with Crippen LogP contribution in [0.15, 0.2) is 6.07 Å². The van der Waals surface area contributed by atoms with Crippen molar-refractivity contribution in [2.24, 2.45) is 5.73 Å². The fourth-order valence-corrected chi connectivity index (χ4v) is 1.01. The SMILES string of the molecule is COc1cc(O)c(CN)nc1C(F)F. The third kappa shape index (κ3) is 1.90.